The zero-order chi connectivity index (χ0) is 23.9. The second-order valence-electron chi connectivity index (χ2n) is 9.14. The molecule has 0 spiro atoms. The van der Waals surface area contributed by atoms with Crippen molar-refractivity contribution in [2.24, 2.45) is 4.99 Å². The molecule has 176 valence electrons. The van der Waals surface area contributed by atoms with E-state index in [-0.39, 0.29) is 5.91 Å². The first-order chi connectivity index (χ1) is 17.1. The molecular formula is C26H26N8O. The maximum atomic E-state index is 11.8. The number of carbonyl (C=O) groups is 1. The second-order valence-corrected chi connectivity index (χ2v) is 9.14. The van der Waals surface area contributed by atoms with E-state index in [1.807, 2.05) is 12.1 Å². The number of fused-ring (bicyclic) bond motifs is 2. The summed E-state index contributed by atoms with van der Waals surface area (Å²) in [5.74, 6) is 0.418. The normalized spacial score (nSPS) is 15.9. The van der Waals surface area contributed by atoms with E-state index in [2.05, 4.69) is 73.3 Å². The summed E-state index contributed by atoms with van der Waals surface area (Å²) < 4.78 is 1.76. The van der Waals surface area contributed by atoms with E-state index in [0.29, 0.717) is 23.1 Å². The van der Waals surface area contributed by atoms with Crippen LogP contribution in [-0.2, 0) is 0 Å². The van der Waals surface area contributed by atoms with Crippen LogP contribution in [-0.4, -0.2) is 68.8 Å². The fraction of sp³-hybridized carbons (Fsp3) is 0.269. The number of anilines is 3. The van der Waals surface area contributed by atoms with Crippen molar-refractivity contribution < 1.29 is 4.79 Å². The number of aromatic nitrogens is 4. The van der Waals surface area contributed by atoms with E-state index >= 15 is 0 Å². The molecule has 1 amide bonds. The van der Waals surface area contributed by atoms with Gasteiger partial charge in [0.1, 0.15) is 6.33 Å². The van der Waals surface area contributed by atoms with Gasteiger partial charge in [-0.15, -0.1) is 0 Å². The average Bonchev–Trinajstić information content (AvgIpc) is 3.52. The van der Waals surface area contributed by atoms with E-state index < -0.39 is 0 Å². The van der Waals surface area contributed by atoms with Gasteiger partial charge < -0.3 is 10.2 Å². The van der Waals surface area contributed by atoms with Crippen LogP contribution in [0.4, 0.5) is 17.2 Å². The molecule has 35 heavy (non-hydrogen) atoms. The van der Waals surface area contributed by atoms with Crippen LogP contribution in [0.2, 0.25) is 0 Å². The van der Waals surface area contributed by atoms with Crippen LogP contribution in [0.15, 0.2) is 60.0 Å². The van der Waals surface area contributed by atoms with E-state index in [1.165, 1.54) is 12.0 Å². The van der Waals surface area contributed by atoms with Gasteiger partial charge in [-0.1, -0.05) is 6.07 Å². The number of amides is 1. The minimum Gasteiger partial charge on any atom is -0.369 e. The number of rotatable bonds is 5. The molecule has 0 saturated carbocycles. The van der Waals surface area contributed by atoms with Gasteiger partial charge in [0.2, 0.25) is 0 Å². The molecular weight excluding hydrogens is 440 g/mol. The van der Waals surface area contributed by atoms with Crippen LogP contribution >= 0.6 is 0 Å². The number of hydrogen-bond acceptors (Lipinski definition) is 7. The predicted molar refractivity (Wildman–Crippen MR) is 137 cm³/mol. The Morgan fingerprint density at radius 1 is 0.971 bits per heavy atom. The molecule has 0 atom stereocenters. The Morgan fingerprint density at radius 3 is 2.54 bits per heavy atom. The van der Waals surface area contributed by atoms with Gasteiger partial charge in [0, 0.05) is 60.9 Å². The Balaban J connectivity index is 1.22. The lowest BCUT2D eigenvalue weighted by Gasteiger charge is -2.38. The third-order valence-corrected chi connectivity index (χ3v) is 6.74. The molecule has 4 aromatic rings. The van der Waals surface area contributed by atoms with Crippen molar-refractivity contribution in [1.29, 1.82) is 0 Å². The molecule has 1 fully saturated rings. The summed E-state index contributed by atoms with van der Waals surface area (Å²) in [5, 5.41) is 7.80. The lowest BCUT2D eigenvalue weighted by atomic mass is 10.0. The van der Waals surface area contributed by atoms with Crippen LogP contribution in [0.3, 0.4) is 0 Å². The third kappa shape index (κ3) is 3.93. The van der Waals surface area contributed by atoms with Crippen molar-refractivity contribution in [2.75, 3.05) is 36.4 Å². The highest BCUT2D eigenvalue weighted by atomic mass is 16.1. The van der Waals surface area contributed by atoms with Gasteiger partial charge >= 0.3 is 0 Å². The summed E-state index contributed by atoms with van der Waals surface area (Å²) in [4.78, 5) is 29.7. The molecule has 1 N–H and O–H groups in total. The number of nitrogens with zero attached hydrogens (tertiary/aromatic N) is 7. The van der Waals surface area contributed by atoms with Gasteiger partial charge in [0.15, 0.2) is 11.5 Å². The number of aliphatic imine (C=N–C) groups is 1. The van der Waals surface area contributed by atoms with Gasteiger partial charge in [-0.25, -0.2) is 19.5 Å². The minimum absolute atomic E-state index is 0.209. The number of benzene rings is 2. The Hall–Kier alpha value is -4.11. The van der Waals surface area contributed by atoms with E-state index in [1.54, 1.807) is 23.0 Å². The van der Waals surface area contributed by atoms with Gasteiger partial charge in [0.25, 0.3) is 5.91 Å². The number of hydrogen-bond donors (Lipinski definition) is 1. The third-order valence-electron chi connectivity index (χ3n) is 6.74. The van der Waals surface area contributed by atoms with E-state index in [0.717, 1.165) is 48.7 Å². The number of piperazine rings is 1. The molecule has 0 bridgehead atoms. The van der Waals surface area contributed by atoms with Crippen molar-refractivity contribution >= 4 is 35.0 Å². The summed E-state index contributed by atoms with van der Waals surface area (Å²) in [6, 6.07) is 14.6. The average molecular weight is 467 g/mol. The Kier molecular flexibility index (Phi) is 5.26. The molecule has 4 heterocycles. The van der Waals surface area contributed by atoms with Gasteiger partial charge in [-0.3, -0.25) is 9.69 Å². The van der Waals surface area contributed by atoms with Gasteiger partial charge in [-0.2, -0.15) is 5.10 Å². The maximum absolute atomic E-state index is 11.8. The molecule has 0 radical (unpaired) electrons. The Labute approximate surface area is 203 Å². The van der Waals surface area contributed by atoms with Gasteiger partial charge in [-0.05, 0) is 50.2 Å². The van der Waals surface area contributed by atoms with Crippen molar-refractivity contribution in [2.45, 2.75) is 19.9 Å². The second kappa shape index (κ2) is 8.59. The molecule has 9 heteroatoms. The minimum atomic E-state index is -0.209. The first-order valence-corrected chi connectivity index (χ1v) is 11.8. The van der Waals surface area contributed by atoms with Crippen LogP contribution < -0.4 is 10.2 Å². The van der Waals surface area contributed by atoms with Crippen LogP contribution in [0.25, 0.3) is 16.9 Å². The SMILES string of the molecule is CC(C)N1CCN(c2ccc(Nc3ncc(-c4ccc5c(c4)C=NC5=O)n4ncnc34)cc2)CC1. The Morgan fingerprint density at radius 2 is 1.77 bits per heavy atom. The summed E-state index contributed by atoms with van der Waals surface area (Å²) in [6.07, 6.45) is 4.88. The van der Waals surface area contributed by atoms with E-state index in [4.69, 9.17) is 0 Å². The lowest BCUT2D eigenvalue weighted by molar-refractivity contribution is 0.101. The zero-order valence-electron chi connectivity index (χ0n) is 19.7. The molecule has 6 rings (SSSR count). The molecule has 1 saturated heterocycles. The summed E-state index contributed by atoms with van der Waals surface area (Å²) in [7, 11) is 0. The highest BCUT2D eigenvalue weighted by Crippen LogP contribution is 2.28. The molecule has 9 nitrogen and oxygen atoms in total. The number of carbonyl (C=O) groups excluding carboxylic acids is 1. The monoisotopic (exact) mass is 466 g/mol. The summed E-state index contributed by atoms with van der Waals surface area (Å²) in [6.45, 7) is 8.77. The first kappa shape index (κ1) is 21.4. The smallest absolute Gasteiger partial charge is 0.277 e. The molecule has 0 aliphatic carbocycles. The molecule has 2 aromatic heterocycles. The van der Waals surface area contributed by atoms with Crippen molar-refractivity contribution in [3.8, 4) is 11.3 Å². The lowest BCUT2D eigenvalue weighted by Crippen LogP contribution is -2.48. The Bertz CT molecular complexity index is 1430. The molecule has 2 aromatic carbocycles. The largest absolute Gasteiger partial charge is 0.369 e. The standard InChI is InChI=1S/C26H26N8O/c1-17(2)32-9-11-33(12-10-32)21-6-4-20(5-7-21)31-24-25-29-16-30-34(25)23(15-27-24)18-3-8-22-19(13-18)14-28-26(22)35/h3-8,13-17H,9-12H2,1-2H3,(H,27,31). The molecule has 2 aliphatic rings. The highest BCUT2D eigenvalue weighted by molar-refractivity contribution is 6.13. The fourth-order valence-corrected chi connectivity index (χ4v) is 4.71. The first-order valence-electron chi connectivity index (χ1n) is 11.8. The molecule has 0 unspecified atom stereocenters. The predicted octanol–water partition coefficient (Wildman–Crippen LogP) is 3.64. The van der Waals surface area contributed by atoms with Gasteiger partial charge in [0.05, 0.1) is 17.5 Å². The number of nitrogens with one attached hydrogen (secondary N) is 1. The summed E-state index contributed by atoms with van der Waals surface area (Å²) >= 11 is 0. The van der Waals surface area contributed by atoms with E-state index in [9.17, 15) is 4.79 Å². The van der Waals surface area contributed by atoms with Crippen LogP contribution in [0.1, 0.15) is 29.8 Å². The zero-order valence-corrected chi connectivity index (χ0v) is 19.7. The quantitative estimate of drug-likeness (QED) is 0.480. The van der Waals surface area contributed by atoms with Crippen LogP contribution in [0.5, 0.6) is 0 Å². The molecule has 2 aliphatic heterocycles. The fourth-order valence-electron chi connectivity index (χ4n) is 4.71. The van der Waals surface area contributed by atoms with Crippen molar-refractivity contribution in [1.82, 2.24) is 24.5 Å². The highest BCUT2D eigenvalue weighted by Gasteiger charge is 2.20. The summed E-state index contributed by atoms with van der Waals surface area (Å²) in [5.41, 5.74) is 5.88. The van der Waals surface area contributed by atoms with Crippen molar-refractivity contribution in [3.63, 3.8) is 0 Å². The maximum Gasteiger partial charge on any atom is 0.277 e. The van der Waals surface area contributed by atoms with Crippen LogP contribution in [0, 0.1) is 0 Å². The topological polar surface area (TPSA) is 91.0 Å². The van der Waals surface area contributed by atoms with Crippen molar-refractivity contribution in [3.05, 3.63) is 66.1 Å².